The summed E-state index contributed by atoms with van der Waals surface area (Å²) in [5, 5.41) is 9.56. The van der Waals surface area contributed by atoms with Gasteiger partial charge in [0.25, 0.3) is 0 Å². The van der Waals surface area contributed by atoms with Crippen LogP contribution in [0.3, 0.4) is 0 Å². The van der Waals surface area contributed by atoms with Crippen LogP contribution in [0.5, 0.6) is 0 Å². The van der Waals surface area contributed by atoms with E-state index in [1.165, 1.54) is 7.05 Å². The molecule has 0 unspecified atom stereocenters. The molecule has 0 aromatic carbocycles. The maximum Gasteiger partial charge on any atom is 0.404 e. The number of carbonyl (C=O) groups is 1. The first-order valence-corrected chi connectivity index (χ1v) is 2.69. The second kappa shape index (κ2) is 9.75. The highest BCUT2D eigenvalue weighted by molar-refractivity contribution is 6.17. The fourth-order valence-corrected chi connectivity index (χ4v) is 0. The van der Waals surface area contributed by atoms with E-state index in [1.807, 2.05) is 12.2 Å². The van der Waals surface area contributed by atoms with Crippen molar-refractivity contribution in [2.45, 2.75) is 6.92 Å². The quantitative estimate of drug-likeness (QED) is 0.495. The average molecular weight is 140 g/mol. The zero-order valence-corrected chi connectivity index (χ0v) is 5.70. The van der Waals surface area contributed by atoms with Crippen LogP contribution in [-0.2, 0) is 0 Å². The van der Waals surface area contributed by atoms with Crippen molar-refractivity contribution in [3.05, 3.63) is 0 Å². The molecule has 0 aliphatic heterocycles. The summed E-state index contributed by atoms with van der Waals surface area (Å²) in [6.07, 6.45) is -0.995. The minimum Gasteiger partial charge on any atom is -0.465 e. The monoisotopic (exact) mass is 139 g/mol. The Kier molecular flexibility index (Phi) is 12.8. The molecule has 4 heteroatoms. The topological polar surface area (TPSA) is 49.3 Å². The van der Waals surface area contributed by atoms with Gasteiger partial charge < -0.3 is 10.4 Å². The maximum atomic E-state index is 9.26. The normalized spacial score (nSPS) is 6.38. The summed E-state index contributed by atoms with van der Waals surface area (Å²) in [6, 6.07) is 0. The minimum absolute atomic E-state index is 0.722. The van der Waals surface area contributed by atoms with E-state index in [0.717, 1.165) is 5.88 Å². The van der Waals surface area contributed by atoms with Crippen LogP contribution in [0, 0.1) is 0 Å². The number of nitrogens with one attached hydrogen (secondary N) is 1. The highest BCUT2D eigenvalue weighted by Gasteiger charge is 1.76. The van der Waals surface area contributed by atoms with Gasteiger partial charge in [-0.15, -0.1) is 11.6 Å². The Morgan fingerprint density at radius 3 is 2.00 bits per heavy atom. The zero-order valence-electron chi connectivity index (χ0n) is 4.94. The molecule has 2 N–H and O–H groups in total. The zero-order chi connectivity index (χ0) is 6.99. The molecule has 0 radical (unpaired) electrons. The molecule has 0 saturated heterocycles. The number of hydrogen-bond acceptors (Lipinski definition) is 1. The van der Waals surface area contributed by atoms with Gasteiger partial charge in [0.05, 0.1) is 0 Å². The average Bonchev–Trinajstić information content (AvgIpc) is 1.69. The lowest BCUT2D eigenvalue weighted by molar-refractivity contribution is 0.197. The first kappa shape index (κ1) is 10.5. The third kappa shape index (κ3) is 47.5. The van der Waals surface area contributed by atoms with Gasteiger partial charge in [-0.25, -0.2) is 4.79 Å². The third-order valence-electron chi connectivity index (χ3n) is 0.214. The molecule has 0 bridgehead atoms. The van der Waals surface area contributed by atoms with Crippen LogP contribution >= 0.6 is 11.6 Å². The summed E-state index contributed by atoms with van der Waals surface area (Å²) >= 11 is 5.00. The number of amides is 1. The molecule has 0 atom stereocenters. The van der Waals surface area contributed by atoms with E-state index in [-0.39, 0.29) is 0 Å². The predicted octanol–water partition coefficient (Wildman–Crippen LogP) is 1.13. The molecule has 8 heavy (non-hydrogen) atoms. The molecular formula is C4H10ClNO2. The minimum atomic E-state index is -0.995. The number of alkyl halides is 1. The lowest BCUT2D eigenvalue weighted by Gasteiger charge is -1.78. The lowest BCUT2D eigenvalue weighted by atomic mass is 11.0. The SMILES string of the molecule is CCCl.CNC(=O)O. The van der Waals surface area contributed by atoms with Crippen molar-refractivity contribution in [3.63, 3.8) is 0 Å². The first-order valence-electron chi connectivity index (χ1n) is 2.15. The number of hydrogen-bond donors (Lipinski definition) is 2. The fourth-order valence-electron chi connectivity index (χ4n) is 0. The summed E-state index contributed by atoms with van der Waals surface area (Å²) < 4.78 is 0. The highest BCUT2D eigenvalue weighted by Crippen LogP contribution is 1.59. The molecule has 0 rings (SSSR count). The Labute approximate surface area is 53.6 Å². The van der Waals surface area contributed by atoms with E-state index in [4.69, 9.17) is 16.7 Å². The van der Waals surface area contributed by atoms with E-state index in [2.05, 4.69) is 0 Å². The van der Waals surface area contributed by atoms with Crippen molar-refractivity contribution >= 4 is 17.7 Å². The molecule has 0 aliphatic carbocycles. The Balaban J connectivity index is 0. The van der Waals surface area contributed by atoms with Crippen molar-refractivity contribution in [1.82, 2.24) is 5.32 Å². The van der Waals surface area contributed by atoms with Crippen LogP contribution in [0.25, 0.3) is 0 Å². The van der Waals surface area contributed by atoms with Crippen LogP contribution in [0.4, 0.5) is 4.79 Å². The maximum absolute atomic E-state index is 9.26. The lowest BCUT2D eigenvalue weighted by Crippen LogP contribution is -2.13. The Morgan fingerprint density at radius 1 is 1.88 bits per heavy atom. The molecule has 0 saturated carbocycles. The number of carboxylic acid groups (broad SMARTS) is 1. The van der Waals surface area contributed by atoms with Crippen LogP contribution in [0.2, 0.25) is 0 Å². The van der Waals surface area contributed by atoms with Crippen LogP contribution in [-0.4, -0.2) is 24.1 Å². The second-order valence-corrected chi connectivity index (χ2v) is 1.36. The van der Waals surface area contributed by atoms with Gasteiger partial charge in [0, 0.05) is 12.9 Å². The highest BCUT2D eigenvalue weighted by atomic mass is 35.5. The largest absolute Gasteiger partial charge is 0.465 e. The van der Waals surface area contributed by atoms with Crippen molar-refractivity contribution in [2.75, 3.05) is 12.9 Å². The van der Waals surface area contributed by atoms with E-state index in [1.54, 1.807) is 0 Å². The molecule has 0 aliphatic rings. The van der Waals surface area contributed by atoms with Crippen LogP contribution in [0.1, 0.15) is 6.92 Å². The van der Waals surface area contributed by atoms with Gasteiger partial charge in [0.2, 0.25) is 0 Å². The number of halogens is 1. The summed E-state index contributed by atoms with van der Waals surface area (Å²) in [7, 11) is 1.35. The van der Waals surface area contributed by atoms with Gasteiger partial charge in [0.1, 0.15) is 0 Å². The Morgan fingerprint density at radius 2 is 2.00 bits per heavy atom. The molecule has 0 aromatic heterocycles. The molecule has 0 heterocycles. The van der Waals surface area contributed by atoms with E-state index in [0.29, 0.717) is 0 Å². The van der Waals surface area contributed by atoms with E-state index in [9.17, 15) is 4.79 Å². The Hall–Kier alpha value is -0.440. The summed E-state index contributed by atoms with van der Waals surface area (Å²) in [6.45, 7) is 1.89. The summed E-state index contributed by atoms with van der Waals surface area (Å²) in [5.41, 5.74) is 0. The van der Waals surface area contributed by atoms with Crippen LogP contribution in [0.15, 0.2) is 0 Å². The molecule has 3 nitrogen and oxygen atoms in total. The summed E-state index contributed by atoms with van der Waals surface area (Å²) in [4.78, 5) is 9.26. The van der Waals surface area contributed by atoms with E-state index >= 15 is 0 Å². The summed E-state index contributed by atoms with van der Waals surface area (Å²) in [5.74, 6) is 0.722. The van der Waals surface area contributed by atoms with Gasteiger partial charge >= 0.3 is 6.09 Å². The molecule has 0 spiro atoms. The molecule has 0 fully saturated rings. The third-order valence-corrected chi connectivity index (χ3v) is 0.214. The molecular weight excluding hydrogens is 130 g/mol. The second-order valence-electron chi connectivity index (χ2n) is 0.822. The predicted molar refractivity (Wildman–Crippen MR) is 33.5 cm³/mol. The first-order chi connectivity index (χ1) is 3.68. The van der Waals surface area contributed by atoms with E-state index < -0.39 is 6.09 Å². The molecule has 0 aromatic rings. The molecule has 50 valence electrons. The van der Waals surface area contributed by atoms with Gasteiger partial charge in [-0.05, 0) is 0 Å². The smallest absolute Gasteiger partial charge is 0.404 e. The van der Waals surface area contributed by atoms with Gasteiger partial charge in [-0.1, -0.05) is 6.92 Å². The van der Waals surface area contributed by atoms with Crippen molar-refractivity contribution in [1.29, 1.82) is 0 Å². The van der Waals surface area contributed by atoms with Gasteiger partial charge in [-0.2, -0.15) is 0 Å². The van der Waals surface area contributed by atoms with Crippen molar-refractivity contribution in [3.8, 4) is 0 Å². The molecule has 1 amide bonds. The number of rotatable bonds is 0. The Bertz CT molecular complexity index is 58.0. The van der Waals surface area contributed by atoms with Gasteiger partial charge in [0.15, 0.2) is 0 Å². The van der Waals surface area contributed by atoms with Gasteiger partial charge in [-0.3, -0.25) is 0 Å². The standard InChI is InChI=1S/C2H5Cl.C2H5NO2/c1-2-3;1-3-2(4)5/h2H2,1H3;3H,1H3,(H,4,5). The van der Waals surface area contributed by atoms with Crippen LogP contribution < -0.4 is 5.32 Å². The van der Waals surface area contributed by atoms with Crippen molar-refractivity contribution < 1.29 is 9.90 Å². The fraction of sp³-hybridized carbons (Fsp3) is 0.750. The van der Waals surface area contributed by atoms with Crippen molar-refractivity contribution in [2.24, 2.45) is 0 Å².